The molecule has 1 unspecified atom stereocenters. The van der Waals surface area contributed by atoms with Gasteiger partial charge in [-0.3, -0.25) is 0 Å². The van der Waals surface area contributed by atoms with Gasteiger partial charge in [0.1, 0.15) is 16.4 Å². The number of piperazine rings is 1. The first kappa shape index (κ1) is 19.7. The number of methoxy groups -OCH3 is 2. The molecule has 1 aliphatic heterocycles. The molecule has 1 aliphatic rings. The van der Waals surface area contributed by atoms with Crippen LogP contribution in [0, 0.1) is 13.8 Å². The summed E-state index contributed by atoms with van der Waals surface area (Å²) in [6.45, 7) is 5.24. The van der Waals surface area contributed by atoms with Gasteiger partial charge >= 0.3 is 0 Å². The summed E-state index contributed by atoms with van der Waals surface area (Å²) in [6.07, 6.45) is 0. The number of aryl methyl sites for hydroxylation is 2. The molecule has 0 amide bonds. The van der Waals surface area contributed by atoms with E-state index in [-0.39, 0.29) is 10.9 Å². The molecule has 2 aromatic carbocycles. The lowest BCUT2D eigenvalue weighted by Crippen LogP contribution is -2.48. The molecule has 2 aromatic rings. The van der Waals surface area contributed by atoms with Crippen molar-refractivity contribution in [2.24, 2.45) is 0 Å². The lowest BCUT2D eigenvalue weighted by atomic mass is 10.0. The van der Waals surface area contributed by atoms with E-state index in [0.717, 1.165) is 16.7 Å². The Kier molecular flexibility index (Phi) is 5.74. The van der Waals surface area contributed by atoms with Crippen LogP contribution in [0.3, 0.4) is 0 Å². The van der Waals surface area contributed by atoms with Crippen LogP contribution in [-0.2, 0) is 10.0 Å². The zero-order chi connectivity index (χ0) is 19.6. The number of nitrogens with one attached hydrogen (secondary N) is 1. The Morgan fingerprint density at radius 2 is 1.85 bits per heavy atom. The van der Waals surface area contributed by atoms with Crippen molar-refractivity contribution >= 4 is 10.0 Å². The van der Waals surface area contributed by atoms with Crippen LogP contribution in [0.5, 0.6) is 11.5 Å². The van der Waals surface area contributed by atoms with E-state index < -0.39 is 10.0 Å². The second-order valence-corrected chi connectivity index (χ2v) is 8.55. The van der Waals surface area contributed by atoms with Crippen molar-refractivity contribution in [1.82, 2.24) is 9.62 Å². The summed E-state index contributed by atoms with van der Waals surface area (Å²) in [6, 6.07) is 10.8. The van der Waals surface area contributed by atoms with Crippen molar-refractivity contribution in [3.63, 3.8) is 0 Å². The van der Waals surface area contributed by atoms with Gasteiger partial charge < -0.3 is 14.8 Å². The molecule has 1 atom stereocenters. The molecule has 0 saturated carbocycles. The molecule has 6 nitrogen and oxygen atoms in total. The van der Waals surface area contributed by atoms with E-state index >= 15 is 0 Å². The van der Waals surface area contributed by atoms with Gasteiger partial charge in [-0.1, -0.05) is 24.3 Å². The van der Waals surface area contributed by atoms with Crippen LogP contribution in [0.4, 0.5) is 0 Å². The summed E-state index contributed by atoms with van der Waals surface area (Å²) in [5.41, 5.74) is 2.54. The van der Waals surface area contributed by atoms with Crippen LogP contribution in [0.15, 0.2) is 41.3 Å². The van der Waals surface area contributed by atoms with E-state index in [4.69, 9.17) is 9.47 Å². The number of benzene rings is 2. The highest BCUT2D eigenvalue weighted by atomic mass is 32.2. The highest BCUT2D eigenvalue weighted by Crippen LogP contribution is 2.37. The van der Waals surface area contributed by atoms with Crippen LogP contribution in [0.2, 0.25) is 0 Å². The van der Waals surface area contributed by atoms with Gasteiger partial charge in [0.15, 0.2) is 0 Å². The average molecular weight is 391 g/mol. The molecule has 0 radical (unpaired) electrons. The quantitative estimate of drug-likeness (QED) is 0.850. The normalized spacial score (nSPS) is 18.3. The maximum absolute atomic E-state index is 13.6. The largest absolute Gasteiger partial charge is 0.496 e. The third-order valence-electron chi connectivity index (χ3n) is 4.87. The van der Waals surface area contributed by atoms with Gasteiger partial charge in [0.2, 0.25) is 10.0 Å². The minimum Gasteiger partial charge on any atom is -0.496 e. The van der Waals surface area contributed by atoms with Gasteiger partial charge in [0, 0.05) is 25.2 Å². The van der Waals surface area contributed by atoms with Crippen LogP contribution in [-0.4, -0.2) is 46.6 Å². The molecule has 7 heteroatoms. The van der Waals surface area contributed by atoms with Crippen LogP contribution < -0.4 is 14.8 Å². The number of nitrogens with zero attached hydrogens (tertiary/aromatic N) is 1. The monoisotopic (exact) mass is 390 g/mol. The highest BCUT2D eigenvalue weighted by Gasteiger charge is 2.37. The van der Waals surface area contributed by atoms with E-state index in [1.807, 2.05) is 44.2 Å². The lowest BCUT2D eigenvalue weighted by Gasteiger charge is -2.36. The Hall–Kier alpha value is -2.09. The minimum absolute atomic E-state index is 0.212. The fourth-order valence-corrected chi connectivity index (χ4v) is 5.60. The summed E-state index contributed by atoms with van der Waals surface area (Å²) in [5.74, 6) is 1.08. The third-order valence-corrected chi connectivity index (χ3v) is 6.78. The van der Waals surface area contributed by atoms with Crippen LogP contribution in [0.25, 0.3) is 0 Å². The summed E-state index contributed by atoms with van der Waals surface area (Å²) < 4.78 is 39.7. The van der Waals surface area contributed by atoms with Crippen molar-refractivity contribution in [2.45, 2.75) is 24.8 Å². The van der Waals surface area contributed by atoms with Gasteiger partial charge in [-0.15, -0.1) is 0 Å². The Balaban J connectivity index is 2.12. The molecule has 1 saturated heterocycles. The molecule has 1 fully saturated rings. The molecule has 3 rings (SSSR count). The predicted molar refractivity (Wildman–Crippen MR) is 105 cm³/mol. The molecular formula is C20H26N2O4S. The number of hydrogen-bond acceptors (Lipinski definition) is 5. The molecular weight excluding hydrogens is 364 g/mol. The molecule has 1 N–H and O–H groups in total. The fraction of sp³-hybridized carbons (Fsp3) is 0.400. The van der Waals surface area contributed by atoms with E-state index in [2.05, 4.69) is 5.32 Å². The smallest absolute Gasteiger partial charge is 0.247 e. The van der Waals surface area contributed by atoms with Crippen molar-refractivity contribution in [3.05, 3.63) is 53.1 Å². The van der Waals surface area contributed by atoms with Crippen LogP contribution in [0.1, 0.15) is 22.7 Å². The van der Waals surface area contributed by atoms with E-state index in [0.29, 0.717) is 31.1 Å². The zero-order valence-electron chi connectivity index (χ0n) is 16.2. The van der Waals surface area contributed by atoms with Gasteiger partial charge in [-0.05, 0) is 37.1 Å². The molecule has 0 spiro atoms. The minimum atomic E-state index is -3.76. The Bertz CT molecular complexity index is 928. The number of rotatable bonds is 5. The number of sulfonamides is 1. The number of ether oxygens (including phenoxy) is 2. The zero-order valence-corrected chi connectivity index (χ0v) is 17.0. The van der Waals surface area contributed by atoms with E-state index in [1.165, 1.54) is 7.11 Å². The Morgan fingerprint density at radius 3 is 2.56 bits per heavy atom. The third kappa shape index (κ3) is 3.67. The van der Waals surface area contributed by atoms with Crippen molar-refractivity contribution in [2.75, 3.05) is 33.9 Å². The van der Waals surface area contributed by atoms with Gasteiger partial charge in [0.05, 0.1) is 20.3 Å². The van der Waals surface area contributed by atoms with E-state index in [9.17, 15) is 8.42 Å². The number of hydrogen-bond donors (Lipinski definition) is 1. The molecule has 27 heavy (non-hydrogen) atoms. The van der Waals surface area contributed by atoms with Crippen molar-refractivity contribution in [1.29, 1.82) is 0 Å². The molecule has 1 heterocycles. The highest BCUT2D eigenvalue weighted by molar-refractivity contribution is 7.89. The first-order valence-corrected chi connectivity index (χ1v) is 10.3. The summed E-state index contributed by atoms with van der Waals surface area (Å²) >= 11 is 0. The average Bonchev–Trinajstić information content (AvgIpc) is 2.67. The topological polar surface area (TPSA) is 67.9 Å². The van der Waals surface area contributed by atoms with Crippen LogP contribution >= 0.6 is 0 Å². The second kappa shape index (κ2) is 7.88. The van der Waals surface area contributed by atoms with E-state index in [1.54, 1.807) is 17.5 Å². The van der Waals surface area contributed by atoms with Crippen molar-refractivity contribution < 1.29 is 17.9 Å². The Morgan fingerprint density at radius 1 is 1.11 bits per heavy atom. The summed E-state index contributed by atoms with van der Waals surface area (Å²) in [5, 5.41) is 3.30. The summed E-state index contributed by atoms with van der Waals surface area (Å²) in [4.78, 5) is 0.212. The van der Waals surface area contributed by atoms with Gasteiger partial charge in [-0.25, -0.2) is 8.42 Å². The SMILES string of the molecule is COc1ccccc1C1CNCCN1S(=O)(=O)c1cc(C)cc(C)c1OC. The molecule has 0 bridgehead atoms. The van der Waals surface area contributed by atoms with Gasteiger partial charge in [-0.2, -0.15) is 4.31 Å². The molecule has 0 aliphatic carbocycles. The van der Waals surface area contributed by atoms with Gasteiger partial charge in [0.25, 0.3) is 0 Å². The second-order valence-electron chi connectivity index (χ2n) is 6.69. The Labute approximate surface area is 161 Å². The molecule has 0 aromatic heterocycles. The van der Waals surface area contributed by atoms with Crippen molar-refractivity contribution in [3.8, 4) is 11.5 Å². The maximum Gasteiger partial charge on any atom is 0.247 e. The fourth-order valence-electron chi connectivity index (χ4n) is 3.68. The summed E-state index contributed by atoms with van der Waals surface area (Å²) in [7, 11) is -0.655. The predicted octanol–water partition coefficient (Wildman–Crippen LogP) is 2.66. The first-order chi connectivity index (χ1) is 12.9. The first-order valence-electron chi connectivity index (χ1n) is 8.91. The standard InChI is InChI=1S/C20H26N2O4S/c1-14-11-15(2)20(26-4)19(12-14)27(23,24)22-10-9-21-13-17(22)16-7-5-6-8-18(16)25-3/h5-8,11-12,17,21H,9-10,13H2,1-4H3. The maximum atomic E-state index is 13.6. The number of para-hydroxylation sites is 1. The lowest BCUT2D eigenvalue weighted by molar-refractivity contribution is 0.263. The molecule has 146 valence electrons.